The van der Waals surface area contributed by atoms with Crippen molar-refractivity contribution in [2.75, 3.05) is 6.54 Å². The van der Waals surface area contributed by atoms with E-state index in [-0.39, 0.29) is 5.82 Å². The highest BCUT2D eigenvalue weighted by Crippen LogP contribution is 2.27. The zero-order valence-corrected chi connectivity index (χ0v) is 11.5. The third kappa shape index (κ3) is 3.41. The van der Waals surface area contributed by atoms with Gasteiger partial charge in [-0.25, -0.2) is 9.37 Å². The quantitative estimate of drug-likeness (QED) is 0.895. The van der Waals surface area contributed by atoms with E-state index in [4.69, 9.17) is 4.42 Å². The topological polar surface area (TPSA) is 38.1 Å². The fourth-order valence-electron chi connectivity index (χ4n) is 1.93. The number of hydrogen-bond donors (Lipinski definition) is 1. The molecule has 0 aliphatic rings. The summed E-state index contributed by atoms with van der Waals surface area (Å²) in [6, 6.07) is 4.69. The predicted octanol–water partition coefficient (Wildman–Crippen LogP) is 3.53. The van der Waals surface area contributed by atoms with Gasteiger partial charge in [-0.3, -0.25) is 0 Å². The average molecular weight is 262 g/mol. The lowest BCUT2D eigenvalue weighted by molar-refractivity contribution is 0.544. The van der Waals surface area contributed by atoms with Gasteiger partial charge in [0.15, 0.2) is 12.2 Å². The molecule has 0 atom stereocenters. The maximum atomic E-state index is 13.4. The molecule has 0 aliphatic heterocycles. The van der Waals surface area contributed by atoms with Crippen molar-refractivity contribution in [3.8, 4) is 11.3 Å². The third-order valence-electron chi connectivity index (χ3n) is 2.93. The van der Waals surface area contributed by atoms with Gasteiger partial charge >= 0.3 is 0 Å². The van der Waals surface area contributed by atoms with Crippen LogP contribution in [-0.2, 0) is 6.54 Å². The Hall–Kier alpha value is -1.68. The number of nitrogens with zero attached hydrogens (tertiary/aromatic N) is 1. The zero-order valence-electron chi connectivity index (χ0n) is 11.5. The number of benzene rings is 1. The molecule has 1 heterocycles. The average Bonchev–Trinajstić information content (AvgIpc) is 2.80. The summed E-state index contributed by atoms with van der Waals surface area (Å²) < 4.78 is 18.8. The van der Waals surface area contributed by atoms with Crippen LogP contribution in [0, 0.1) is 18.7 Å². The van der Waals surface area contributed by atoms with Crippen LogP contribution in [0.5, 0.6) is 0 Å². The fraction of sp³-hybridized carbons (Fsp3) is 0.400. The first-order valence-electron chi connectivity index (χ1n) is 6.47. The third-order valence-corrected chi connectivity index (χ3v) is 2.93. The van der Waals surface area contributed by atoms with Gasteiger partial charge in [0.2, 0.25) is 0 Å². The van der Waals surface area contributed by atoms with Gasteiger partial charge in [-0.05, 0) is 37.1 Å². The van der Waals surface area contributed by atoms with E-state index in [1.54, 1.807) is 6.07 Å². The van der Waals surface area contributed by atoms with Gasteiger partial charge in [0.05, 0.1) is 0 Å². The zero-order chi connectivity index (χ0) is 13.8. The van der Waals surface area contributed by atoms with Crippen LogP contribution in [0.25, 0.3) is 11.3 Å². The second-order valence-electron chi connectivity index (χ2n) is 5.11. The Morgan fingerprint density at radius 1 is 1.37 bits per heavy atom. The first-order chi connectivity index (χ1) is 9.08. The standard InChI is InChI=1S/C15H19FN2O/c1-10(2)7-17-8-14-15(19-9-18-14)13-6-12(16)5-4-11(13)3/h4-6,9-10,17H,7-8H2,1-3H3. The molecule has 1 aromatic heterocycles. The maximum Gasteiger partial charge on any atom is 0.181 e. The van der Waals surface area contributed by atoms with Gasteiger partial charge < -0.3 is 9.73 Å². The number of aryl methyl sites for hydroxylation is 1. The highest BCUT2D eigenvalue weighted by molar-refractivity contribution is 5.63. The second-order valence-corrected chi connectivity index (χ2v) is 5.11. The molecule has 0 saturated carbocycles. The summed E-state index contributed by atoms with van der Waals surface area (Å²) >= 11 is 0. The number of rotatable bonds is 5. The van der Waals surface area contributed by atoms with E-state index in [2.05, 4.69) is 24.1 Å². The summed E-state index contributed by atoms with van der Waals surface area (Å²) in [5, 5.41) is 3.32. The molecule has 0 unspecified atom stereocenters. The number of oxazole rings is 1. The van der Waals surface area contributed by atoms with Crippen LogP contribution in [0.4, 0.5) is 4.39 Å². The first kappa shape index (κ1) is 13.7. The van der Waals surface area contributed by atoms with Gasteiger partial charge in [-0.1, -0.05) is 19.9 Å². The molecular formula is C15H19FN2O. The Labute approximate surface area is 112 Å². The Kier molecular flexibility index (Phi) is 4.32. The van der Waals surface area contributed by atoms with E-state index >= 15 is 0 Å². The molecule has 0 spiro atoms. The van der Waals surface area contributed by atoms with Crippen molar-refractivity contribution >= 4 is 0 Å². The predicted molar refractivity (Wildman–Crippen MR) is 73.2 cm³/mol. The summed E-state index contributed by atoms with van der Waals surface area (Å²) in [5.41, 5.74) is 2.55. The SMILES string of the molecule is Cc1ccc(F)cc1-c1ocnc1CNCC(C)C. The van der Waals surface area contributed by atoms with E-state index in [1.165, 1.54) is 18.5 Å². The summed E-state index contributed by atoms with van der Waals surface area (Å²) in [4.78, 5) is 4.21. The molecule has 19 heavy (non-hydrogen) atoms. The van der Waals surface area contributed by atoms with Crippen LogP contribution in [0.2, 0.25) is 0 Å². The monoisotopic (exact) mass is 262 g/mol. The molecule has 1 aromatic carbocycles. The largest absolute Gasteiger partial charge is 0.443 e. The minimum absolute atomic E-state index is 0.266. The van der Waals surface area contributed by atoms with E-state index in [0.29, 0.717) is 18.2 Å². The normalized spacial score (nSPS) is 11.2. The van der Waals surface area contributed by atoms with Crippen molar-refractivity contribution in [3.05, 3.63) is 41.7 Å². The van der Waals surface area contributed by atoms with Crippen LogP contribution < -0.4 is 5.32 Å². The molecule has 4 heteroatoms. The molecule has 1 N–H and O–H groups in total. The number of hydrogen-bond acceptors (Lipinski definition) is 3. The molecule has 102 valence electrons. The smallest absolute Gasteiger partial charge is 0.181 e. The lowest BCUT2D eigenvalue weighted by Gasteiger charge is -2.08. The van der Waals surface area contributed by atoms with Crippen LogP contribution >= 0.6 is 0 Å². The van der Waals surface area contributed by atoms with Crippen molar-refractivity contribution in [1.82, 2.24) is 10.3 Å². The minimum atomic E-state index is -0.266. The fourth-order valence-corrected chi connectivity index (χ4v) is 1.93. The molecule has 0 amide bonds. The van der Waals surface area contributed by atoms with E-state index in [9.17, 15) is 4.39 Å². The minimum Gasteiger partial charge on any atom is -0.443 e. The molecule has 0 fully saturated rings. The second kappa shape index (κ2) is 5.97. The molecule has 0 bridgehead atoms. The van der Waals surface area contributed by atoms with Crippen LogP contribution in [-0.4, -0.2) is 11.5 Å². The molecule has 0 aliphatic carbocycles. The van der Waals surface area contributed by atoms with Crippen molar-refractivity contribution in [2.45, 2.75) is 27.3 Å². The van der Waals surface area contributed by atoms with Crippen LogP contribution in [0.15, 0.2) is 29.0 Å². The van der Waals surface area contributed by atoms with Gasteiger partial charge in [0, 0.05) is 12.1 Å². The van der Waals surface area contributed by atoms with Crippen molar-refractivity contribution < 1.29 is 8.81 Å². The molecule has 2 aromatic rings. The summed E-state index contributed by atoms with van der Waals surface area (Å²) in [6.45, 7) is 7.76. The van der Waals surface area contributed by atoms with Crippen molar-refractivity contribution in [1.29, 1.82) is 0 Å². The Balaban J connectivity index is 2.21. The van der Waals surface area contributed by atoms with Crippen LogP contribution in [0.3, 0.4) is 0 Å². The van der Waals surface area contributed by atoms with E-state index < -0.39 is 0 Å². The van der Waals surface area contributed by atoms with Gasteiger partial charge in [-0.2, -0.15) is 0 Å². The Bertz CT molecular complexity index is 549. The molecule has 0 radical (unpaired) electrons. The van der Waals surface area contributed by atoms with Crippen molar-refractivity contribution in [3.63, 3.8) is 0 Å². The number of nitrogens with one attached hydrogen (secondary N) is 1. The summed E-state index contributed by atoms with van der Waals surface area (Å²) in [7, 11) is 0. The van der Waals surface area contributed by atoms with Gasteiger partial charge in [0.1, 0.15) is 11.5 Å². The Morgan fingerprint density at radius 3 is 2.89 bits per heavy atom. The lowest BCUT2D eigenvalue weighted by Crippen LogP contribution is -2.19. The van der Waals surface area contributed by atoms with E-state index in [0.717, 1.165) is 23.4 Å². The highest BCUT2D eigenvalue weighted by atomic mass is 19.1. The highest BCUT2D eigenvalue weighted by Gasteiger charge is 2.13. The van der Waals surface area contributed by atoms with Crippen molar-refractivity contribution in [2.24, 2.45) is 5.92 Å². The molecular weight excluding hydrogens is 243 g/mol. The summed E-state index contributed by atoms with van der Waals surface area (Å²) in [6.07, 6.45) is 1.41. The van der Waals surface area contributed by atoms with Crippen LogP contribution in [0.1, 0.15) is 25.1 Å². The first-order valence-corrected chi connectivity index (χ1v) is 6.47. The molecule has 2 rings (SSSR count). The number of halogens is 1. The Morgan fingerprint density at radius 2 is 2.16 bits per heavy atom. The van der Waals surface area contributed by atoms with Gasteiger partial charge in [0.25, 0.3) is 0 Å². The van der Waals surface area contributed by atoms with Gasteiger partial charge in [-0.15, -0.1) is 0 Å². The summed E-state index contributed by atoms with van der Waals surface area (Å²) in [5.74, 6) is 0.956. The molecule has 3 nitrogen and oxygen atoms in total. The lowest BCUT2D eigenvalue weighted by atomic mass is 10.0. The van der Waals surface area contributed by atoms with E-state index in [1.807, 2.05) is 6.92 Å². The number of aromatic nitrogens is 1. The maximum absolute atomic E-state index is 13.4. The molecule has 0 saturated heterocycles.